The van der Waals surface area contributed by atoms with E-state index in [1.54, 1.807) is 24.1 Å². The smallest absolute Gasteiger partial charge is 0.225 e. The van der Waals surface area contributed by atoms with Crippen LogP contribution in [0, 0.1) is 11.3 Å². The molecule has 152 valence electrons. The quantitative estimate of drug-likeness (QED) is 0.743. The lowest BCUT2D eigenvalue weighted by atomic mass is 10.0. The lowest BCUT2D eigenvalue weighted by Gasteiger charge is -2.29. The fourth-order valence-electron chi connectivity index (χ4n) is 3.07. The van der Waals surface area contributed by atoms with E-state index in [-0.39, 0.29) is 24.3 Å². The van der Waals surface area contributed by atoms with E-state index in [9.17, 15) is 9.59 Å². The molecule has 0 bridgehead atoms. The molecule has 1 N–H and O–H groups in total. The van der Waals surface area contributed by atoms with Gasteiger partial charge in [0.25, 0.3) is 0 Å². The summed E-state index contributed by atoms with van der Waals surface area (Å²) in [6.07, 6.45) is 0.153. The number of nitriles is 1. The number of hydrogen-bond donors (Lipinski definition) is 1. The largest absolute Gasteiger partial charge is 0.497 e. The van der Waals surface area contributed by atoms with Crippen LogP contribution in [0.3, 0.4) is 0 Å². The average Bonchev–Trinajstić information content (AvgIpc) is 2.71. The van der Waals surface area contributed by atoms with Crippen molar-refractivity contribution in [2.45, 2.75) is 45.8 Å². The Balaban J connectivity index is 2.18. The molecule has 0 fully saturated rings. The summed E-state index contributed by atoms with van der Waals surface area (Å²) in [5.74, 6) is 0.465. The lowest BCUT2D eigenvalue weighted by Crippen LogP contribution is -2.39. The Bertz CT molecular complexity index is 868. The zero-order valence-electron chi connectivity index (χ0n) is 17.3. The van der Waals surface area contributed by atoms with E-state index < -0.39 is 6.04 Å². The molecule has 6 heteroatoms. The Kier molecular flexibility index (Phi) is 7.79. The monoisotopic (exact) mass is 393 g/mol. The van der Waals surface area contributed by atoms with Gasteiger partial charge in [-0.1, -0.05) is 24.3 Å². The second-order valence-corrected chi connectivity index (χ2v) is 7.15. The Hall–Kier alpha value is -3.33. The van der Waals surface area contributed by atoms with Crippen LogP contribution in [0.2, 0.25) is 0 Å². The number of benzene rings is 2. The van der Waals surface area contributed by atoms with Crippen molar-refractivity contribution < 1.29 is 14.3 Å². The minimum absolute atomic E-state index is 0.00742. The van der Waals surface area contributed by atoms with Crippen molar-refractivity contribution in [1.29, 1.82) is 5.26 Å². The first-order valence-corrected chi connectivity index (χ1v) is 9.53. The molecule has 1 atom stereocenters. The Morgan fingerprint density at radius 2 is 1.72 bits per heavy atom. The van der Waals surface area contributed by atoms with E-state index >= 15 is 0 Å². The van der Waals surface area contributed by atoms with E-state index in [4.69, 9.17) is 10.00 Å². The van der Waals surface area contributed by atoms with Crippen molar-refractivity contribution in [3.8, 4) is 11.8 Å². The van der Waals surface area contributed by atoms with Gasteiger partial charge in [-0.05, 0) is 49.2 Å². The number of nitrogens with zero attached hydrogens (tertiary/aromatic N) is 2. The first kappa shape index (κ1) is 22.0. The van der Waals surface area contributed by atoms with Crippen LogP contribution < -0.4 is 10.1 Å². The molecule has 2 aromatic rings. The van der Waals surface area contributed by atoms with E-state index in [1.807, 2.05) is 50.2 Å². The molecule has 0 aliphatic carbocycles. The highest BCUT2D eigenvalue weighted by Crippen LogP contribution is 2.22. The van der Waals surface area contributed by atoms with Gasteiger partial charge in [0.1, 0.15) is 5.75 Å². The van der Waals surface area contributed by atoms with Gasteiger partial charge in [-0.15, -0.1) is 0 Å². The van der Waals surface area contributed by atoms with Crippen LogP contribution in [0.1, 0.15) is 49.9 Å². The van der Waals surface area contributed by atoms with Gasteiger partial charge >= 0.3 is 0 Å². The predicted octanol–water partition coefficient (Wildman–Crippen LogP) is 3.57. The Morgan fingerprint density at radius 3 is 2.21 bits per heavy atom. The van der Waals surface area contributed by atoms with Gasteiger partial charge in [0, 0.05) is 19.5 Å². The highest BCUT2D eigenvalue weighted by molar-refractivity contribution is 5.79. The van der Waals surface area contributed by atoms with Crippen LogP contribution in [0.25, 0.3) is 0 Å². The highest BCUT2D eigenvalue weighted by Gasteiger charge is 2.23. The fourth-order valence-corrected chi connectivity index (χ4v) is 3.07. The van der Waals surface area contributed by atoms with E-state index in [2.05, 4.69) is 11.4 Å². The van der Waals surface area contributed by atoms with Gasteiger partial charge in [0.2, 0.25) is 11.8 Å². The number of nitrogens with one attached hydrogen (secondary N) is 1. The lowest BCUT2D eigenvalue weighted by molar-refractivity contribution is -0.134. The summed E-state index contributed by atoms with van der Waals surface area (Å²) in [5, 5.41) is 11.8. The summed E-state index contributed by atoms with van der Waals surface area (Å²) in [4.78, 5) is 26.6. The van der Waals surface area contributed by atoms with Crippen LogP contribution in [-0.4, -0.2) is 29.9 Å². The van der Waals surface area contributed by atoms with Gasteiger partial charge in [0.15, 0.2) is 0 Å². The molecule has 0 saturated heterocycles. The average molecular weight is 393 g/mol. The zero-order chi connectivity index (χ0) is 21.4. The highest BCUT2D eigenvalue weighted by atomic mass is 16.5. The number of hydrogen-bond acceptors (Lipinski definition) is 4. The maximum absolute atomic E-state index is 13.1. The SMILES string of the molecule is COc1ccc(C(CC(=O)N(Cc2ccc(C#N)cc2)C(C)C)NC(C)=O)cc1. The third-order valence-corrected chi connectivity index (χ3v) is 4.65. The normalized spacial score (nSPS) is 11.4. The minimum Gasteiger partial charge on any atom is -0.497 e. The molecule has 0 heterocycles. The maximum atomic E-state index is 13.1. The Labute approximate surface area is 172 Å². The summed E-state index contributed by atoms with van der Waals surface area (Å²) in [6.45, 7) is 5.81. The number of rotatable bonds is 8. The molecule has 0 spiro atoms. The summed E-state index contributed by atoms with van der Waals surface area (Å²) < 4.78 is 5.18. The minimum atomic E-state index is -0.423. The number of amides is 2. The molecule has 0 aliphatic heterocycles. The van der Waals surface area contributed by atoms with Gasteiger partial charge in [-0.2, -0.15) is 5.26 Å². The number of ether oxygens (including phenoxy) is 1. The van der Waals surface area contributed by atoms with E-state index in [0.29, 0.717) is 17.9 Å². The van der Waals surface area contributed by atoms with Crippen molar-refractivity contribution >= 4 is 11.8 Å². The molecule has 1 unspecified atom stereocenters. The zero-order valence-corrected chi connectivity index (χ0v) is 17.3. The third kappa shape index (κ3) is 6.35. The first-order valence-electron chi connectivity index (χ1n) is 9.53. The van der Waals surface area contributed by atoms with Gasteiger partial charge in [-0.3, -0.25) is 9.59 Å². The number of methoxy groups -OCH3 is 1. The molecule has 0 aromatic heterocycles. The van der Waals surface area contributed by atoms with Crippen LogP contribution in [0.15, 0.2) is 48.5 Å². The molecule has 6 nitrogen and oxygen atoms in total. The van der Waals surface area contributed by atoms with Crippen LogP contribution in [-0.2, 0) is 16.1 Å². The fraction of sp³-hybridized carbons (Fsp3) is 0.348. The first-order chi connectivity index (χ1) is 13.8. The Morgan fingerprint density at radius 1 is 1.10 bits per heavy atom. The molecule has 2 amide bonds. The second-order valence-electron chi connectivity index (χ2n) is 7.15. The summed E-state index contributed by atoms with van der Waals surface area (Å²) in [7, 11) is 1.59. The molecule has 2 aromatic carbocycles. The summed E-state index contributed by atoms with van der Waals surface area (Å²) >= 11 is 0. The van der Waals surface area contributed by atoms with Crippen molar-refractivity contribution in [1.82, 2.24) is 10.2 Å². The maximum Gasteiger partial charge on any atom is 0.225 e. The molecule has 0 saturated carbocycles. The van der Waals surface area contributed by atoms with Crippen molar-refractivity contribution in [3.63, 3.8) is 0 Å². The molecule has 0 aliphatic rings. The van der Waals surface area contributed by atoms with Crippen molar-refractivity contribution in [3.05, 3.63) is 65.2 Å². The molecule has 29 heavy (non-hydrogen) atoms. The molecular formula is C23H27N3O3. The number of carbonyl (C=O) groups is 2. The van der Waals surface area contributed by atoms with Crippen LogP contribution in [0.4, 0.5) is 0 Å². The van der Waals surface area contributed by atoms with Crippen molar-refractivity contribution in [2.24, 2.45) is 0 Å². The van der Waals surface area contributed by atoms with Crippen LogP contribution >= 0.6 is 0 Å². The predicted molar refractivity (Wildman–Crippen MR) is 111 cm³/mol. The van der Waals surface area contributed by atoms with Crippen molar-refractivity contribution in [2.75, 3.05) is 7.11 Å². The summed E-state index contributed by atoms with van der Waals surface area (Å²) in [6, 6.07) is 16.2. The molecule has 0 radical (unpaired) electrons. The summed E-state index contributed by atoms with van der Waals surface area (Å²) in [5.41, 5.74) is 2.38. The van der Waals surface area contributed by atoms with Gasteiger partial charge < -0.3 is 15.0 Å². The standard InChI is InChI=1S/C23H27N3O3/c1-16(2)26(15-19-7-5-18(14-24)6-8-19)23(28)13-22(25-17(3)27)20-9-11-21(29-4)12-10-20/h5-12,16,22H,13,15H2,1-4H3,(H,25,27). The van der Waals surface area contributed by atoms with E-state index in [0.717, 1.165) is 11.1 Å². The third-order valence-electron chi connectivity index (χ3n) is 4.65. The number of carbonyl (C=O) groups excluding carboxylic acids is 2. The van der Waals surface area contributed by atoms with Gasteiger partial charge in [0.05, 0.1) is 31.2 Å². The van der Waals surface area contributed by atoms with Gasteiger partial charge in [-0.25, -0.2) is 0 Å². The molecule has 2 rings (SSSR count). The topological polar surface area (TPSA) is 82.4 Å². The van der Waals surface area contributed by atoms with E-state index in [1.165, 1.54) is 6.92 Å². The second kappa shape index (κ2) is 10.3. The molecular weight excluding hydrogens is 366 g/mol. The van der Waals surface area contributed by atoms with Crippen LogP contribution in [0.5, 0.6) is 5.75 Å².